The Balaban J connectivity index is 1.14. The van der Waals surface area contributed by atoms with Gasteiger partial charge in [0.1, 0.15) is 11.2 Å². The van der Waals surface area contributed by atoms with Gasteiger partial charge in [-0.05, 0) is 97.4 Å². The molecule has 0 N–H and O–H groups in total. The van der Waals surface area contributed by atoms with Crippen LogP contribution in [0.4, 0.5) is 17.1 Å². The van der Waals surface area contributed by atoms with E-state index in [2.05, 4.69) is 193 Å². The van der Waals surface area contributed by atoms with Crippen LogP contribution in [0, 0.1) is 0 Å². The van der Waals surface area contributed by atoms with Crippen molar-refractivity contribution in [2.24, 2.45) is 0 Å². The summed E-state index contributed by atoms with van der Waals surface area (Å²) >= 11 is 0. The standard InChI is InChI=1S/C50H33NO/c1-2-14-38(15-3-1)49-43-18-7-5-13-35(43)28-33-44(49)37-26-31-40(32-27-37)51(46-21-11-23-48-50(46)45-19-8-9-22-47(45)52-48)39-29-24-36(25-30-39)42-20-10-16-34-12-4-6-17-41(34)42/h1-33H. The molecule has 52 heavy (non-hydrogen) atoms. The largest absolute Gasteiger partial charge is 0.456 e. The summed E-state index contributed by atoms with van der Waals surface area (Å²) in [6.45, 7) is 0. The first-order valence-electron chi connectivity index (χ1n) is 17.8. The van der Waals surface area contributed by atoms with E-state index in [0.29, 0.717) is 0 Å². The van der Waals surface area contributed by atoms with E-state index in [-0.39, 0.29) is 0 Å². The van der Waals surface area contributed by atoms with Gasteiger partial charge in [0.05, 0.1) is 11.1 Å². The fourth-order valence-electron chi connectivity index (χ4n) is 7.85. The van der Waals surface area contributed by atoms with Crippen molar-refractivity contribution < 1.29 is 4.42 Å². The Morgan fingerprint density at radius 2 is 0.885 bits per heavy atom. The summed E-state index contributed by atoms with van der Waals surface area (Å²) in [4.78, 5) is 2.36. The van der Waals surface area contributed by atoms with Crippen molar-refractivity contribution in [1.82, 2.24) is 0 Å². The molecule has 0 fully saturated rings. The van der Waals surface area contributed by atoms with E-state index < -0.39 is 0 Å². The van der Waals surface area contributed by atoms with E-state index in [1.165, 1.54) is 54.9 Å². The molecule has 2 heteroatoms. The minimum Gasteiger partial charge on any atom is -0.456 e. The smallest absolute Gasteiger partial charge is 0.137 e. The normalized spacial score (nSPS) is 11.5. The summed E-state index contributed by atoms with van der Waals surface area (Å²) < 4.78 is 6.37. The number of hydrogen-bond donors (Lipinski definition) is 0. The van der Waals surface area contributed by atoms with E-state index in [4.69, 9.17) is 4.42 Å². The molecule has 0 atom stereocenters. The molecule has 2 nitrogen and oxygen atoms in total. The van der Waals surface area contributed by atoms with Crippen molar-refractivity contribution in [2.75, 3.05) is 4.90 Å². The van der Waals surface area contributed by atoms with Gasteiger partial charge in [-0.25, -0.2) is 0 Å². The van der Waals surface area contributed by atoms with Gasteiger partial charge in [0.15, 0.2) is 0 Å². The maximum Gasteiger partial charge on any atom is 0.137 e. The number of fused-ring (bicyclic) bond motifs is 5. The molecule has 0 aliphatic heterocycles. The molecule has 1 heterocycles. The zero-order valence-electron chi connectivity index (χ0n) is 28.4. The quantitative estimate of drug-likeness (QED) is 0.176. The summed E-state index contributed by atoms with van der Waals surface area (Å²) in [6, 6.07) is 71.7. The Bertz CT molecular complexity index is 2880. The van der Waals surface area contributed by atoms with Crippen LogP contribution in [0.1, 0.15) is 0 Å². The van der Waals surface area contributed by atoms with Gasteiger partial charge in [0.25, 0.3) is 0 Å². The van der Waals surface area contributed by atoms with Crippen molar-refractivity contribution in [1.29, 1.82) is 0 Å². The molecule has 0 aliphatic rings. The van der Waals surface area contributed by atoms with E-state index in [1.807, 2.05) is 12.1 Å². The molecule has 10 aromatic rings. The molecule has 0 bridgehead atoms. The van der Waals surface area contributed by atoms with Crippen molar-refractivity contribution in [2.45, 2.75) is 0 Å². The van der Waals surface area contributed by atoms with E-state index in [0.717, 1.165) is 39.0 Å². The lowest BCUT2D eigenvalue weighted by atomic mass is 9.90. The monoisotopic (exact) mass is 663 g/mol. The topological polar surface area (TPSA) is 16.4 Å². The van der Waals surface area contributed by atoms with Crippen LogP contribution in [0.25, 0.3) is 76.9 Å². The minimum atomic E-state index is 0.872. The van der Waals surface area contributed by atoms with Gasteiger partial charge in [-0.3, -0.25) is 0 Å². The number of furan rings is 1. The number of anilines is 3. The van der Waals surface area contributed by atoms with Crippen molar-refractivity contribution in [3.8, 4) is 33.4 Å². The van der Waals surface area contributed by atoms with Crippen LogP contribution in [0.5, 0.6) is 0 Å². The molecule has 9 aromatic carbocycles. The Morgan fingerprint density at radius 1 is 0.327 bits per heavy atom. The molecule has 1 aromatic heterocycles. The molecule has 244 valence electrons. The molecule has 0 saturated carbocycles. The summed E-state index contributed by atoms with van der Waals surface area (Å²) in [6.07, 6.45) is 0. The number of nitrogens with zero attached hydrogens (tertiary/aromatic N) is 1. The van der Waals surface area contributed by atoms with Crippen LogP contribution in [-0.2, 0) is 0 Å². The maximum atomic E-state index is 6.37. The molecule has 0 amide bonds. The number of hydrogen-bond acceptors (Lipinski definition) is 2. The lowest BCUT2D eigenvalue weighted by Gasteiger charge is -2.27. The van der Waals surface area contributed by atoms with Crippen LogP contribution in [-0.4, -0.2) is 0 Å². The van der Waals surface area contributed by atoms with Crippen LogP contribution >= 0.6 is 0 Å². The Kier molecular flexibility index (Phi) is 7.18. The molecule has 0 unspecified atom stereocenters. The second kappa shape index (κ2) is 12.5. The summed E-state index contributed by atoms with van der Waals surface area (Å²) in [5.74, 6) is 0. The Morgan fingerprint density at radius 3 is 1.63 bits per heavy atom. The fourth-order valence-corrected chi connectivity index (χ4v) is 7.85. The zero-order valence-corrected chi connectivity index (χ0v) is 28.4. The average molecular weight is 664 g/mol. The van der Waals surface area contributed by atoms with Gasteiger partial charge < -0.3 is 9.32 Å². The highest BCUT2D eigenvalue weighted by Gasteiger charge is 2.20. The molecular formula is C50H33NO. The van der Waals surface area contributed by atoms with Crippen molar-refractivity contribution in [3.63, 3.8) is 0 Å². The van der Waals surface area contributed by atoms with Gasteiger partial charge in [0.2, 0.25) is 0 Å². The van der Waals surface area contributed by atoms with Gasteiger partial charge in [0, 0.05) is 16.8 Å². The molecule has 0 aliphatic carbocycles. The lowest BCUT2D eigenvalue weighted by Crippen LogP contribution is -2.10. The first kappa shape index (κ1) is 30.0. The molecule has 0 radical (unpaired) electrons. The highest BCUT2D eigenvalue weighted by atomic mass is 16.3. The third-order valence-corrected chi connectivity index (χ3v) is 10.3. The van der Waals surface area contributed by atoms with Crippen molar-refractivity contribution in [3.05, 3.63) is 200 Å². The Hall–Kier alpha value is -6.90. The van der Waals surface area contributed by atoms with Crippen LogP contribution in [0.15, 0.2) is 205 Å². The first-order valence-corrected chi connectivity index (χ1v) is 17.8. The van der Waals surface area contributed by atoms with E-state index in [9.17, 15) is 0 Å². The SMILES string of the molecule is c1ccc(-c2c(-c3ccc(N(c4ccc(-c5cccc6ccccc56)cc4)c4cccc5oc6ccccc6c45)cc3)ccc3ccccc23)cc1. The summed E-state index contributed by atoms with van der Waals surface area (Å²) in [7, 11) is 0. The Labute approximate surface area is 302 Å². The molecule has 10 rings (SSSR count). The van der Waals surface area contributed by atoms with Crippen LogP contribution in [0.3, 0.4) is 0 Å². The molecular weight excluding hydrogens is 631 g/mol. The third-order valence-electron chi connectivity index (χ3n) is 10.3. The predicted octanol–water partition coefficient (Wildman–Crippen LogP) is 14.4. The second-order valence-corrected chi connectivity index (χ2v) is 13.3. The van der Waals surface area contributed by atoms with Crippen LogP contribution < -0.4 is 4.90 Å². The summed E-state index contributed by atoms with van der Waals surface area (Å²) in [5.41, 5.74) is 12.2. The highest BCUT2D eigenvalue weighted by Crippen LogP contribution is 2.45. The maximum absolute atomic E-state index is 6.37. The predicted molar refractivity (Wildman–Crippen MR) is 220 cm³/mol. The minimum absolute atomic E-state index is 0.872. The van der Waals surface area contributed by atoms with Crippen LogP contribution in [0.2, 0.25) is 0 Å². The van der Waals surface area contributed by atoms with E-state index in [1.54, 1.807) is 0 Å². The highest BCUT2D eigenvalue weighted by molar-refractivity contribution is 6.13. The van der Waals surface area contributed by atoms with Gasteiger partial charge >= 0.3 is 0 Å². The van der Waals surface area contributed by atoms with Gasteiger partial charge in [-0.1, -0.05) is 158 Å². The summed E-state index contributed by atoms with van der Waals surface area (Å²) in [5, 5.41) is 7.18. The zero-order chi connectivity index (χ0) is 34.4. The second-order valence-electron chi connectivity index (χ2n) is 13.3. The fraction of sp³-hybridized carbons (Fsp3) is 0. The van der Waals surface area contributed by atoms with Crippen molar-refractivity contribution >= 4 is 60.5 Å². The van der Waals surface area contributed by atoms with Gasteiger partial charge in [-0.15, -0.1) is 0 Å². The van der Waals surface area contributed by atoms with Gasteiger partial charge in [-0.2, -0.15) is 0 Å². The number of benzene rings is 9. The molecule has 0 spiro atoms. The number of rotatable bonds is 6. The number of para-hydroxylation sites is 1. The first-order chi connectivity index (χ1) is 25.8. The third kappa shape index (κ3) is 5.04. The lowest BCUT2D eigenvalue weighted by molar-refractivity contribution is 0.669. The van der Waals surface area contributed by atoms with E-state index >= 15 is 0 Å². The average Bonchev–Trinajstić information content (AvgIpc) is 3.61. The molecule has 0 saturated heterocycles.